The molecule has 0 aromatic heterocycles. The van der Waals surface area contributed by atoms with E-state index in [1.54, 1.807) is 0 Å². The summed E-state index contributed by atoms with van der Waals surface area (Å²) in [5.74, 6) is 1.71. The Labute approximate surface area is 131 Å². The molecule has 0 unspecified atom stereocenters. The standard InChI is InChI=1S/C20H19NO/c21-18-12-14-19(15-13-18)22-20-9-5-4-8-17(20)11-10-16-6-2-1-3-7-16/h1-9,12-15H,10-11,21H2. The molecule has 0 heterocycles. The monoisotopic (exact) mass is 289 g/mol. The Morgan fingerprint density at radius 1 is 0.682 bits per heavy atom. The molecule has 3 aromatic rings. The van der Waals surface area contributed by atoms with Crippen molar-refractivity contribution in [2.24, 2.45) is 0 Å². The molecule has 2 heteroatoms. The third-order valence-electron chi connectivity index (χ3n) is 3.61. The molecule has 0 amide bonds. The zero-order valence-corrected chi connectivity index (χ0v) is 12.4. The van der Waals surface area contributed by atoms with Gasteiger partial charge in [0.15, 0.2) is 0 Å². The highest BCUT2D eigenvalue weighted by atomic mass is 16.5. The number of para-hydroxylation sites is 1. The molecule has 0 atom stereocenters. The third-order valence-corrected chi connectivity index (χ3v) is 3.61. The van der Waals surface area contributed by atoms with Crippen molar-refractivity contribution in [1.29, 1.82) is 0 Å². The number of nitrogens with two attached hydrogens (primary N) is 1. The van der Waals surface area contributed by atoms with Crippen LogP contribution in [-0.2, 0) is 12.8 Å². The highest BCUT2D eigenvalue weighted by molar-refractivity contribution is 5.44. The van der Waals surface area contributed by atoms with E-state index in [9.17, 15) is 0 Å². The lowest BCUT2D eigenvalue weighted by Gasteiger charge is -2.11. The van der Waals surface area contributed by atoms with Crippen LogP contribution < -0.4 is 10.5 Å². The number of anilines is 1. The van der Waals surface area contributed by atoms with Crippen LogP contribution in [0.4, 0.5) is 5.69 Å². The number of aryl methyl sites for hydroxylation is 2. The minimum Gasteiger partial charge on any atom is -0.457 e. The second kappa shape index (κ2) is 6.81. The second-order valence-electron chi connectivity index (χ2n) is 5.26. The average Bonchev–Trinajstić information content (AvgIpc) is 2.57. The molecule has 0 spiro atoms. The molecular formula is C20H19NO. The second-order valence-corrected chi connectivity index (χ2v) is 5.26. The van der Waals surface area contributed by atoms with Gasteiger partial charge < -0.3 is 10.5 Å². The van der Waals surface area contributed by atoms with Crippen molar-refractivity contribution in [2.45, 2.75) is 12.8 Å². The molecule has 0 fully saturated rings. The van der Waals surface area contributed by atoms with Crippen molar-refractivity contribution in [3.63, 3.8) is 0 Å². The Morgan fingerprint density at radius 3 is 2.14 bits per heavy atom. The molecule has 22 heavy (non-hydrogen) atoms. The van der Waals surface area contributed by atoms with E-state index < -0.39 is 0 Å². The van der Waals surface area contributed by atoms with Crippen LogP contribution >= 0.6 is 0 Å². The maximum absolute atomic E-state index is 6.00. The summed E-state index contributed by atoms with van der Waals surface area (Å²) >= 11 is 0. The molecule has 110 valence electrons. The minimum atomic E-state index is 0.740. The van der Waals surface area contributed by atoms with Crippen molar-refractivity contribution in [3.05, 3.63) is 90.0 Å². The van der Waals surface area contributed by atoms with Crippen LogP contribution in [0.25, 0.3) is 0 Å². The predicted molar refractivity (Wildman–Crippen MR) is 91.2 cm³/mol. The van der Waals surface area contributed by atoms with Gasteiger partial charge in [-0.15, -0.1) is 0 Å². The van der Waals surface area contributed by atoms with Crippen molar-refractivity contribution < 1.29 is 4.74 Å². The molecular weight excluding hydrogens is 270 g/mol. The van der Waals surface area contributed by atoms with Gasteiger partial charge in [0, 0.05) is 5.69 Å². The molecule has 0 saturated carbocycles. The predicted octanol–water partition coefficient (Wildman–Crippen LogP) is 4.85. The largest absolute Gasteiger partial charge is 0.457 e. The Balaban J connectivity index is 1.73. The fourth-order valence-electron chi connectivity index (χ4n) is 2.40. The van der Waals surface area contributed by atoms with E-state index >= 15 is 0 Å². The number of nitrogen functional groups attached to an aromatic ring is 1. The van der Waals surface area contributed by atoms with E-state index in [1.165, 1.54) is 11.1 Å². The molecule has 2 N–H and O–H groups in total. The third kappa shape index (κ3) is 3.67. The van der Waals surface area contributed by atoms with Gasteiger partial charge in [-0.25, -0.2) is 0 Å². The van der Waals surface area contributed by atoms with Crippen LogP contribution in [0.1, 0.15) is 11.1 Å². The number of rotatable bonds is 5. The van der Waals surface area contributed by atoms with Crippen LogP contribution in [0.5, 0.6) is 11.5 Å². The number of hydrogen-bond donors (Lipinski definition) is 1. The number of benzene rings is 3. The normalized spacial score (nSPS) is 10.4. The first-order valence-corrected chi connectivity index (χ1v) is 7.46. The first-order valence-electron chi connectivity index (χ1n) is 7.46. The quantitative estimate of drug-likeness (QED) is 0.682. The van der Waals surface area contributed by atoms with Gasteiger partial charge in [-0.3, -0.25) is 0 Å². The van der Waals surface area contributed by atoms with E-state index in [1.807, 2.05) is 42.5 Å². The maximum atomic E-state index is 6.00. The Hall–Kier alpha value is -2.74. The van der Waals surface area contributed by atoms with Crippen LogP contribution in [0.2, 0.25) is 0 Å². The van der Waals surface area contributed by atoms with E-state index in [0.29, 0.717) is 0 Å². The van der Waals surface area contributed by atoms with Crippen LogP contribution in [-0.4, -0.2) is 0 Å². The summed E-state index contributed by atoms with van der Waals surface area (Å²) < 4.78 is 6.00. The van der Waals surface area contributed by atoms with Crippen molar-refractivity contribution in [2.75, 3.05) is 5.73 Å². The lowest BCUT2D eigenvalue weighted by Crippen LogP contribution is -1.95. The van der Waals surface area contributed by atoms with Gasteiger partial charge >= 0.3 is 0 Å². The zero-order valence-electron chi connectivity index (χ0n) is 12.4. The van der Waals surface area contributed by atoms with Gasteiger partial charge in [-0.1, -0.05) is 48.5 Å². The molecule has 0 bridgehead atoms. The van der Waals surface area contributed by atoms with Gasteiger partial charge in [0.05, 0.1) is 0 Å². The molecule has 0 aliphatic heterocycles. The lowest BCUT2D eigenvalue weighted by molar-refractivity contribution is 0.476. The van der Waals surface area contributed by atoms with Gasteiger partial charge in [0.1, 0.15) is 11.5 Å². The van der Waals surface area contributed by atoms with Crippen molar-refractivity contribution in [3.8, 4) is 11.5 Å². The Kier molecular flexibility index (Phi) is 4.40. The summed E-state index contributed by atoms with van der Waals surface area (Å²) in [4.78, 5) is 0. The first kappa shape index (κ1) is 14.2. The summed E-state index contributed by atoms with van der Waals surface area (Å²) in [7, 11) is 0. The highest BCUT2D eigenvalue weighted by Gasteiger charge is 2.05. The van der Waals surface area contributed by atoms with Crippen molar-refractivity contribution in [1.82, 2.24) is 0 Å². The number of ether oxygens (including phenoxy) is 1. The van der Waals surface area contributed by atoms with Gasteiger partial charge in [-0.2, -0.15) is 0 Å². The lowest BCUT2D eigenvalue weighted by atomic mass is 10.0. The Bertz CT molecular complexity index is 720. The smallest absolute Gasteiger partial charge is 0.130 e. The Morgan fingerprint density at radius 2 is 1.36 bits per heavy atom. The molecule has 0 radical (unpaired) electrons. The summed E-state index contributed by atoms with van der Waals surface area (Å²) in [6.07, 6.45) is 1.96. The summed E-state index contributed by atoms with van der Waals surface area (Å²) in [6.45, 7) is 0. The first-order chi connectivity index (χ1) is 10.8. The fraction of sp³-hybridized carbons (Fsp3) is 0.100. The highest BCUT2D eigenvalue weighted by Crippen LogP contribution is 2.26. The summed E-state index contributed by atoms with van der Waals surface area (Å²) in [5, 5.41) is 0. The zero-order chi connectivity index (χ0) is 15.2. The SMILES string of the molecule is Nc1ccc(Oc2ccccc2CCc2ccccc2)cc1. The van der Waals surface area contributed by atoms with Gasteiger partial charge in [0.2, 0.25) is 0 Å². The van der Waals surface area contributed by atoms with E-state index in [2.05, 4.69) is 36.4 Å². The minimum absolute atomic E-state index is 0.740. The molecule has 0 aliphatic carbocycles. The van der Waals surface area contributed by atoms with E-state index in [4.69, 9.17) is 10.5 Å². The molecule has 2 nitrogen and oxygen atoms in total. The van der Waals surface area contributed by atoms with Gasteiger partial charge in [-0.05, 0) is 54.3 Å². The van der Waals surface area contributed by atoms with Gasteiger partial charge in [0.25, 0.3) is 0 Å². The van der Waals surface area contributed by atoms with E-state index in [0.717, 1.165) is 30.0 Å². The maximum Gasteiger partial charge on any atom is 0.130 e. The summed E-state index contributed by atoms with van der Waals surface area (Å²) in [6, 6.07) is 26.2. The van der Waals surface area contributed by atoms with Crippen LogP contribution in [0.15, 0.2) is 78.9 Å². The van der Waals surface area contributed by atoms with Crippen LogP contribution in [0, 0.1) is 0 Å². The number of hydrogen-bond acceptors (Lipinski definition) is 2. The molecule has 0 aliphatic rings. The topological polar surface area (TPSA) is 35.2 Å². The van der Waals surface area contributed by atoms with Crippen molar-refractivity contribution >= 4 is 5.69 Å². The molecule has 3 rings (SSSR count). The summed E-state index contributed by atoms with van der Waals surface area (Å²) in [5.41, 5.74) is 9.00. The average molecular weight is 289 g/mol. The molecule has 3 aromatic carbocycles. The fourth-order valence-corrected chi connectivity index (χ4v) is 2.40. The molecule has 0 saturated heterocycles. The van der Waals surface area contributed by atoms with E-state index in [-0.39, 0.29) is 0 Å². The van der Waals surface area contributed by atoms with Crippen LogP contribution in [0.3, 0.4) is 0 Å².